The van der Waals surface area contributed by atoms with Gasteiger partial charge in [0.05, 0.1) is 11.2 Å². The van der Waals surface area contributed by atoms with E-state index >= 15 is 0 Å². The van der Waals surface area contributed by atoms with E-state index in [0.29, 0.717) is 11.2 Å². The van der Waals surface area contributed by atoms with Gasteiger partial charge in [0.25, 0.3) is 0 Å². The minimum absolute atomic E-state index is 0.0463. The maximum absolute atomic E-state index is 13.8. The molecule has 3 aromatic rings. The van der Waals surface area contributed by atoms with Gasteiger partial charge in [-0.3, -0.25) is 4.57 Å². The molecule has 0 aliphatic heterocycles. The molecule has 3 rings (SSSR count). The molecule has 0 amide bonds. The number of imidazole rings is 1. The largest absolute Gasteiger partial charge is 0.329 e. The van der Waals surface area contributed by atoms with Gasteiger partial charge in [-0.05, 0) is 36.5 Å². The topological polar surface area (TPSA) is 33.6 Å². The fraction of sp³-hybridized carbons (Fsp3) is 0. The second-order valence-corrected chi connectivity index (χ2v) is 4.12. The molecule has 90 valence electrons. The number of nitrogens with one attached hydrogen (secondary N) is 1. The Balaban J connectivity index is 2.41. The minimum atomic E-state index is -0.556. The third-order valence-electron chi connectivity index (χ3n) is 2.59. The Morgan fingerprint density at radius 2 is 2.06 bits per heavy atom. The number of hydrogen-bond acceptors (Lipinski definition) is 2. The quantitative estimate of drug-likeness (QED) is 0.683. The maximum Gasteiger partial charge on any atom is 0.184 e. The van der Waals surface area contributed by atoms with Gasteiger partial charge in [0, 0.05) is 12.3 Å². The first-order valence-corrected chi connectivity index (χ1v) is 5.59. The van der Waals surface area contributed by atoms with Crippen molar-refractivity contribution in [3.05, 3.63) is 52.9 Å². The van der Waals surface area contributed by atoms with Crippen molar-refractivity contribution in [2.24, 2.45) is 0 Å². The fourth-order valence-electron chi connectivity index (χ4n) is 1.82. The summed E-state index contributed by atoms with van der Waals surface area (Å²) in [4.78, 5) is 7.02. The van der Waals surface area contributed by atoms with Gasteiger partial charge in [-0.2, -0.15) is 0 Å². The van der Waals surface area contributed by atoms with Crippen molar-refractivity contribution in [1.82, 2.24) is 14.5 Å². The fourth-order valence-corrected chi connectivity index (χ4v) is 2.12. The molecule has 1 N–H and O–H groups in total. The highest BCUT2D eigenvalue weighted by atomic mass is 32.1. The van der Waals surface area contributed by atoms with Crippen LogP contribution in [0, 0.1) is 16.4 Å². The van der Waals surface area contributed by atoms with Gasteiger partial charge in [-0.1, -0.05) is 0 Å². The first-order chi connectivity index (χ1) is 8.66. The lowest BCUT2D eigenvalue weighted by Gasteiger charge is -2.05. The molecule has 18 heavy (non-hydrogen) atoms. The molecule has 0 saturated heterocycles. The van der Waals surface area contributed by atoms with Gasteiger partial charge in [0.1, 0.15) is 11.6 Å². The Bertz CT molecular complexity index is 791. The molecular formula is C12H7F2N3S. The molecular weight excluding hydrogens is 256 g/mol. The van der Waals surface area contributed by atoms with Crippen LogP contribution in [-0.2, 0) is 0 Å². The van der Waals surface area contributed by atoms with E-state index in [1.807, 2.05) is 0 Å². The van der Waals surface area contributed by atoms with Gasteiger partial charge in [-0.25, -0.2) is 13.8 Å². The average molecular weight is 263 g/mol. The molecule has 0 radical (unpaired) electrons. The van der Waals surface area contributed by atoms with Crippen LogP contribution in [0.15, 0.2) is 36.5 Å². The van der Waals surface area contributed by atoms with Crippen LogP contribution in [0.25, 0.3) is 16.9 Å². The summed E-state index contributed by atoms with van der Waals surface area (Å²) in [6.45, 7) is 0. The molecule has 3 nitrogen and oxygen atoms in total. The third-order valence-corrected chi connectivity index (χ3v) is 2.88. The predicted molar refractivity (Wildman–Crippen MR) is 66.2 cm³/mol. The van der Waals surface area contributed by atoms with Gasteiger partial charge >= 0.3 is 0 Å². The summed E-state index contributed by atoms with van der Waals surface area (Å²) < 4.78 is 28.6. The van der Waals surface area contributed by atoms with E-state index in [-0.39, 0.29) is 10.5 Å². The van der Waals surface area contributed by atoms with Crippen LogP contribution in [0.1, 0.15) is 0 Å². The van der Waals surface area contributed by atoms with Crippen LogP contribution in [-0.4, -0.2) is 14.5 Å². The molecule has 2 aromatic heterocycles. The summed E-state index contributed by atoms with van der Waals surface area (Å²) in [5.74, 6) is -1.09. The number of fused-ring (bicyclic) bond motifs is 1. The van der Waals surface area contributed by atoms with E-state index in [1.165, 1.54) is 4.57 Å². The van der Waals surface area contributed by atoms with Gasteiger partial charge in [-0.15, -0.1) is 0 Å². The van der Waals surface area contributed by atoms with Crippen molar-refractivity contribution in [1.29, 1.82) is 0 Å². The number of benzene rings is 1. The standard InChI is InChI=1S/C12H7F2N3S/c13-7-3-4-8(14)10(6-7)17-11-9(16-12(17)18)2-1-5-15-11/h1-6H,(H,16,18). The zero-order valence-corrected chi connectivity index (χ0v) is 9.84. The summed E-state index contributed by atoms with van der Waals surface area (Å²) in [6, 6.07) is 6.72. The van der Waals surface area contributed by atoms with Crippen molar-refractivity contribution < 1.29 is 8.78 Å². The van der Waals surface area contributed by atoms with Gasteiger partial charge in [0.15, 0.2) is 10.4 Å². The highest BCUT2D eigenvalue weighted by Gasteiger charge is 2.12. The Morgan fingerprint density at radius 3 is 2.89 bits per heavy atom. The first-order valence-electron chi connectivity index (χ1n) is 5.18. The van der Waals surface area contributed by atoms with Gasteiger partial charge in [0.2, 0.25) is 0 Å². The molecule has 2 heterocycles. The summed E-state index contributed by atoms with van der Waals surface area (Å²) >= 11 is 5.12. The molecule has 0 aliphatic carbocycles. The molecule has 6 heteroatoms. The van der Waals surface area contributed by atoms with E-state index < -0.39 is 11.6 Å². The molecule has 0 atom stereocenters. The second-order valence-electron chi connectivity index (χ2n) is 3.74. The van der Waals surface area contributed by atoms with E-state index in [9.17, 15) is 8.78 Å². The Hall–Kier alpha value is -2.08. The van der Waals surface area contributed by atoms with E-state index in [0.717, 1.165) is 18.2 Å². The molecule has 1 aromatic carbocycles. The molecule has 0 spiro atoms. The lowest BCUT2D eigenvalue weighted by Crippen LogP contribution is -1.99. The first kappa shape index (κ1) is 11.0. The van der Waals surface area contributed by atoms with E-state index in [4.69, 9.17) is 12.2 Å². The lowest BCUT2D eigenvalue weighted by molar-refractivity contribution is 0.593. The predicted octanol–water partition coefficient (Wildman–Crippen LogP) is 3.36. The maximum atomic E-state index is 13.8. The molecule has 0 fully saturated rings. The monoisotopic (exact) mass is 263 g/mol. The smallest absolute Gasteiger partial charge is 0.184 e. The molecule has 0 saturated carbocycles. The molecule has 0 bridgehead atoms. The number of aromatic amines is 1. The summed E-state index contributed by atoms with van der Waals surface area (Å²) in [5.41, 5.74) is 1.18. The van der Waals surface area contributed by atoms with Crippen LogP contribution < -0.4 is 0 Å². The second kappa shape index (κ2) is 3.99. The Morgan fingerprint density at radius 1 is 1.22 bits per heavy atom. The van der Waals surface area contributed by atoms with Crippen LogP contribution in [0.3, 0.4) is 0 Å². The number of pyridine rings is 1. The Labute approximate surface area is 106 Å². The number of H-pyrrole nitrogens is 1. The third kappa shape index (κ3) is 1.62. The highest BCUT2D eigenvalue weighted by Crippen LogP contribution is 2.20. The number of halogens is 2. The number of nitrogens with zero attached hydrogens (tertiary/aromatic N) is 2. The van der Waals surface area contributed by atoms with Gasteiger partial charge < -0.3 is 4.98 Å². The van der Waals surface area contributed by atoms with Crippen molar-refractivity contribution in [2.75, 3.05) is 0 Å². The minimum Gasteiger partial charge on any atom is -0.329 e. The number of hydrogen-bond donors (Lipinski definition) is 1. The van der Waals surface area contributed by atoms with Crippen molar-refractivity contribution in [3.63, 3.8) is 0 Å². The van der Waals surface area contributed by atoms with Crippen LogP contribution in [0.2, 0.25) is 0 Å². The van der Waals surface area contributed by atoms with Crippen molar-refractivity contribution in [2.45, 2.75) is 0 Å². The zero-order valence-electron chi connectivity index (χ0n) is 9.02. The highest BCUT2D eigenvalue weighted by molar-refractivity contribution is 7.71. The summed E-state index contributed by atoms with van der Waals surface area (Å²) in [7, 11) is 0. The van der Waals surface area contributed by atoms with E-state index in [2.05, 4.69) is 9.97 Å². The van der Waals surface area contributed by atoms with E-state index in [1.54, 1.807) is 18.3 Å². The van der Waals surface area contributed by atoms with Crippen LogP contribution in [0.5, 0.6) is 0 Å². The SMILES string of the molecule is Fc1ccc(F)c(-n2c(=S)[nH]c3cccnc32)c1. The average Bonchev–Trinajstić information content (AvgIpc) is 2.68. The summed E-state index contributed by atoms with van der Waals surface area (Å²) in [5, 5.41) is 0. The Kier molecular flexibility index (Phi) is 2.45. The normalized spacial score (nSPS) is 11.0. The van der Waals surface area contributed by atoms with Crippen LogP contribution >= 0.6 is 12.2 Å². The molecule has 0 aliphatic rings. The lowest BCUT2D eigenvalue weighted by atomic mass is 10.3. The zero-order chi connectivity index (χ0) is 12.7. The van der Waals surface area contributed by atoms with Crippen molar-refractivity contribution in [3.8, 4) is 5.69 Å². The number of rotatable bonds is 1. The van der Waals surface area contributed by atoms with Crippen molar-refractivity contribution >= 4 is 23.4 Å². The summed E-state index contributed by atoms with van der Waals surface area (Å²) in [6.07, 6.45) is 1.57. The van der Waals surface area contributed by atoms with Crippen LogP contribution in [0.4, 0.5) is 8.78 Å². The molecule has 0 unspecified atom stereocenters. The number of aromatic nitrogens is 3.